The van der Waals surface area contributed by atoms with Gasteiger partial charge in [-0.2, -0.15) is 5.26 Å². The predicted molar refractivity (Wildman–Crippen MR) is 94.2 cm³/mol. The van der Waals surface area contributed by atoms with Crippen LogP contribution in [0, 0.1) is 17.1 Å². The van der Waals surface area contributed by atoms with Crippen molar-refractivity contribution in [2.24, 2.45) is 0 Å². The molecule has 3 aromatic rings. The maximum absolute atomic E-state index is 13.0. The van der Waals surface area contributed by atoms with Crippen molar-refractivity contribution in [2.45, 2.75) is 13.0 Å². The summed E-state index contributed by atoms with van der Waals surface area (Å²) in [6.07, 6.45) is 0. The molecule has 124 valence electrons. The van der Waals surface area contributed by atoms with E-state index in [0.717, 1.165) is 5.56 Å². The molecule has 3 rings (SSSR count). The quantitative estimate of drug-likeness (QED) is 0.700. The second-order valence-corrected chi connectivity index (χ2v) is 5.64. The molecule has 0 aliphatic rings. The summed E-state index contributed by atoms with van der Waals surface area (Å²) in [7, 11) is 0. The van der Waals surface area contributed by atoms with Gasteiger partial charge in [0.15, 0.2) is 0 Å². The van der Waals surface area contributed by atoms with Crippen molar-refractivity contribution in [1.29, 1.82) is 5.26 Å². The molecule has 0 heterocycles. The number of nitrogens with zero attached hydrogens (tertiary/aromatic N) is 1. The Hall–Kier alpha value is -3.46. The minimum atomic E-state index is -0.599. The third kappa shape index (κ3) is 3.26. The van der Waals surface area contributed by atoms with E-state index in [1.54, 1.807) is 36.4 Å². The molecule has 0 saturated carbocycles. The third-order valence-corrected chi connectivity index (χ3v) is 3.92. The van der Waals surface area contributed by atoms with Gasteiger partial charge in [-0.25, -0.2) is 4.39 Å². The van der Waals surface area contributed by atoms with Gasteiger partial charge in [0, 0.05) is 11.7 Å². The Morgan fingerprint density at radius 2 is 1.56 bits per heavy atom. The molecule has 0 aromatic heterocycles. The Kier molecular flexibility index (Phi) is 4.31. The Labute approximate surface area is 143 Å². The van der Waals surface area contributed by atoms with E-state index in [-0.39, 0.29) is 23.2 Å². The normalized spacial score (nSPS) is 11.7. The molecule has 6 heteroatoms. The first-order valence-corrected chi connectivity index (χ1v) is 7.62. The smallest absolute Gasteiger partial charge is 0.253 e. The van der Waals surface area contributed by atoms with Gasteiger partial charge in [0.2, 0.25) is 0 Å². The largest absolute Gasteiger partial charge is 0.373 e. The van der Waals surface area contributed by atoms with Gasteiger partial charge in [-0.05, 0) is 48.9 Å². The average molecular weight is 335 g/mol. The summed E-state index contributed by atoms with van der Waals surface area (Å²) in [6.45, 7) is 1.82. The van der Waals surface area contributed by atoms with Crippen LogP contribution < -0.4 is 21.5 Å². The molecule has 0 saturated heterocycles. The standard InChI is InChI=1S/C19H14FN3O2/c1-11(13-4-6-14(20)7-5-13)22-16-17(19(25)18(16)24)23-15-8-2-12(10-21)3-9-15/h2-9,11,22-23H,1H3/t11-/m1/s1. The molecular weight excluding hydrogens is 321 g/mol. The van der Waals surface area contributed by atoms with E-state index >= 15 is 0 Å². The van der Waals surface area contributed by atoms with Crippen LogP contribution in [0.2, 0.25) is 0 Å². The van der Waals surface area contributed by atoms with Crippen LogP contribution in [0.5, 0.6) is 0 Å². The Bertz CT molecular complexity index is 1010. The lowest BCUT2D eigenvalue weighted by molar-refractivity contribution is 0.626. The van der Waals surface area contributed by atoms with E-state index in [2.05, 4.69) is 10.6 Å². The van der Waals surface area contributed by atoms with E-state index in [9.17, 15) is 14.0 Å². The SMILES string of the molecule is C[C@@H](Nc1c(Nc2ccc(C#N)cc2)c(=O)c1=O)c1ccc(F)cc1. The van der Waals surface area contributed by atoms with Crippen LogP contribution in [0.1, 0.15) is 24.1 Å². The zero-order chi connectivity index (χ0) is 18.0. The lowest BCUT2D eigenvalue weighted by atomic mass is 10.1. The Morgan fingerprint density at radius 1 is 0.960 bits per heavy atom. The van der Waals surface area contributed by atoms with Crippen LogP contribution >= 0.6 is 0 Å². The molecule has 0 bridgehead atoms. The van der Waals surface area contributed by atoms with Gasteiger partial charge in [-0.3, -0.25) is 9.59 Å². The van der Waals surface area contributed by atoms with Crippen molar-refractivity contribution in [2.75, 3.05) is 10.6 Å². The molecule has 5 nitrogen and oxygen atoms in total. The predicted octanol–water partition coefficient (Wildman–Crippen LogP) is 3.21. The van der Waals surface area contributed by atoms with Crippen molar-refractivity contribution in [1.82, 2.24) is 0 Å². The van der Waals surface area contributed by atoms with Crippen LogP contribution in [0.4, 0.5) is 21.5 Å². The molecule has 0 spiro atoms. The Morgan fingerprint density at radius 3 is 2.16 bits per heavy atom. The molecule has 0 aliphatic heterocycles. The number of nitriles is 1. The van der Waals surface area contributed by atoms with Crippen molar-refractivity contribution in [3.05, 3.63) is 85.9 Å². The van der Waals surface area contributed by atoms with Crippen LogP contribution in [0.15, 0.2) is 58.1 Å². The monoisotopic (exact) mass is 335 g/mol. The van der Waals surface area contributed by atoms with Crippen molar-refractivity contribution < 1.29 is 4.39 Å². The second-order valence-electron chi connectivity index (χ2n) is 5.64. The highest BCUT2D eigenvalue weighted by molar-refractivity contribution is 5.79. The minimum Gasteiger partial charge on any atom is -0.373 e. The maximum atomic E-state index is 13.0. The molecule has 0 unspecified atom stereocenters. The molecule has 0 amide bonds. The Balaban J connectivity index is 1.80. The molecule has 2 N–H and O–H groups in total. The van der Waals surface area contributed by atoms with Gasteiger partial charge >= 0.3 is 0 Å². The van der Waals surface area contributed by atoms with Gasteiger partial charge in [-0.15, -0.1) is 0 Å². The number of rotatable bonds is 5. The first-order valence-electron chi connectivity index (χ1n) is 7.62. The molecule has 0 radical (unpaired) electrons. The number of hydrogen-bond acceptors (Lipinski definition) is 5. The van der Waals surface area contributed by atoms with Gasteiger partial charge in [-0.1, -0.05) is 12.1 Å². The van der Waals surface area contributed by atoms with Crippen LogP contribution in [0.25, 0.3) is 0 Å². The van der Waals surface area contributed by atoms with E-state index < -0.39 is 10.9 Å². The summed E-state index contributed by atoms with van der Waals surface area (Å²) < 4.78 is 13.0. The van der Waals surface area contributed by atoms with Crippen molar-refractivity contribution >= 4 is 17.1 Å². The summed E-state index contributed by atoms with van der Waals surface area (Å²) in [6, 6.07) is 14.2. The van der Waals surface area contributed by atoms with Gasteiger partial charge in [0.05, 0.1) is 11.6 Å². The third-order valence-electron chi connectivity index (χ3n) is 3.92. The number of halogens is 1. The number of hydrogen-bond donors (Lipinski definition) is 2. The van der Waals surface area contributed by atoms with E-state index in [4.69, 9.17) is 5.26 Å². The zero-order valence-corrected chi connectivity index (χ0v) is 13.3. The van der Waals surface area contributed by atoms with E-state index in [1.165, 1.54) is 12.1 Å². The van der Waals surface area contributed by atoms with Crippen LogP contribution in [0.3, 0.4) is 0 Å². The topological polar surface area (TPSA) is 82.0 Å². The highest BCUT2D eigenvalue weighted by Gasteiger charge is 2.22. The lowest BCUT2D eigenvalue weighted by Gasteiger charge is -2.20. The summed E-state index contributed by atoms with van der Waals surface area (Å²) in [5.74, 6) is -0.340. The lowest BCUT2D eigenvalue weighted by Crippen LogP contribution is -2.37. The fourth-order valence-electron chi connectivity index (χ4n) is 2.47. The number of nitrogens with one attached hydrogen (secondary N) is 2. The van der Waals surface area contributed by atoms with Crippen molar-refractivity contribution in [3.63, 3.8) is 0 Å². The first-order chi connectivity index (χ1) is 12.0. The van der Waals surface area contributed by atoms with E-state index in [1.807, 2.05) is 13.0 Å². The number of anilines is 3. The molecule has 25 heavy (non-hydrogen) atoms. The fraction of sp³-hybridized carbons (Fsp3) is 0.105. The van der Waals surface area contributed by atoms with Gasteiger partial charge < -0.3 is 10.6 Å². The van der Waals surface area contributed by atoms with Gasteiger partial charge in [0.1, 0.15) is 17.2 Å². The average Bonchev–Trinajstić information content (AvgIpc) is 2.65. The van der Waals surface area contributed by atoms with Crippen LogP contribution in [-0.4, -0.2) is 0 Å². The molecule has 0 fully saturated rings. The zero-order valence-electron chi connectivity index (χ0n) is 13.3. The highest BCUT2D eigenvalue weighted by atomic mass is 19.1. The first kappa shape index (κ1) is 16.4. The summed E-state index contributed by atoms with van der Waals surface area (Å²) in [5.41, 5.74) is 1.08. The summed E-state index contributed by atoms with van der Waals surface area (Å²) in [5, 5.41) is 14.7. The summed E-state index contributed by atoms with van der Waals surface area (Å²) >= 11 is 0. The highest BCUT2D eigenvalue weighted by Crippen LogP contribution is 2.25. The van der Waals surface area contributed by atoms with Crippen molar-refractivity contribution in [3.8, 4) is 6.07 Å². The number of benzene rings is 2. The van der Waals surface area contributed by atoms with E-state index in [0.29, 0.717) is 11.3 Å². The summed E-state index contributed by atoms with van der Waals surface area (Å²) in [4.78, 5) is 23.7. The van der Waals surface area contributed by atoms with Crippen LogP contribution in [-0.2, 0) is 0 Å². The molecule has 0 aliphatic carbocycles. The molecule has 3 aromatic carbocycles. The molecular formula is C19H14FN3O2. The minimum absolute atomic E-state index is 0.184. The fourth-order valence-corrected chi connectivity index (χ4v) is 2.47. The molecule has 1 atom stereocenters. The maximum Gasteiger partial charge on any atom is 0.253 e. The van der Waals surface area contributed by atoms with Gasteiger partial charge in [0.25, 0.3) is 10.9 Å². The second kappa shape index (κ2) is 6.57.